The maximum atomic E-state index is 6.26. The summed E-state index contributed by atoms with van der Waals surface area (Å²) in [5.41, 5.74) is 5.54. The second kappa shape index (κ2) is 5.27. The van der Waals surface area contributed by atoms with Crippen LogP contribution in [0.15, 0.2) is 16.7 Å². The van der Waals surface area contributed by atoms with Crippen molar-refractivity contribution in [1.29, 1.82) is 0 Å². The van der Waals surface area contributed by atoms with E-state index in [4.69, 9.17) is 15.0 Å². The van der Waals surface area contributed by atoms with Gasteiger partial charge in [0.15, 0.2) is 5.82 Å². The minimum absolute atomic E-state index is 0.351. The first-order chi connectivity index (χ1) is 9.54. The molecular formula is C14H19N3O2S. The first kappa shape index (κ1) is 13.7. The summed E-state index contributed by atoms with van der Waals surface area (Å²) in [5.74, 6) is 1.02. The summed E-state index contributed by atoms with van der Waals surface area (Å²) in [6, 6.07) is 4.02. The molecule has 2 aromatic heterocycles. The summed E-state index contributed by atoms with van der Waals surface area (Å²) < 4.78 is 11.1. The van der Waals surface area contributed by atoms with E-state index in [2.05, 4.69) is 10.1 Å². The molecule has 1 atom stereocenters. The number of nitrogens with two attached hydrogens (primary N) is 1. The van der Waals surface area contributed by atoms with Gasteiger partial charge in [0.25, 0.3) is 5.89 Å². The van der Waals surface area contributed by atoms with Gasteiger partial charge in [-0.15, -0.1) is 11.3 Å². The van der Waals surface area contributed by atoms with Gasteiger partial charge in [-0.25, -0.2) is 0 Å². The Hall–Kier alpha value is -1.24. The van der Waals surface area contributed by atoms with E-state index in [9.17, 15) is 0 Å². The van der Waals surface area contributed by atoms with Crippen LogP contribution in [0.2, 0.25) is 0 Å². The molecule has 0 amide bonds. The van der Waals surface area contributed by atoms with Crippen molar-refractivity contribution >= 4 is 11.3 Å². The van der Waals surface area contributed by atoms with Gasteiger partial charge in [0.1, 0.15) is 5.54 Å². The fourth-order valence-electron chi connectivity index (χ4n) is 2.00. The second-order valence-corrected chi connectivity index (χ2v) is 6.90. The van der Waals surface area contributed by atoms with Crippen LogP contribution in [0.1, 0.15) is 36.9 Å². The molecule has 2 N–H and O–H groups in total. The quantitative estimate of drug-likeness (QED) is 0.917. The maximum Gasteiger partial charge on any atom is 0.268 e. The first-order valence-electron chi connectivity index (χ1n) is 6.86. The highest BCUT2D eigenvalue weighted by atomic mass is 32.1. The van der Waals surface area contributed by atoms with Crippen LogP contribution in [-0.2, 0) is 10.3 Å². The van der Waals surface area contributed by atoms with Gasteiger partial charge in [-0.3, -0.25) is 0 Å². The lowest BCUT2D eigenvalue weighted by Crippen LogP contribution is -2.41. The predicted octanol–water partition coefficient (Wildman–Crippen LogP) is 2.85. The van der Waals surface area contributed by atoms with Crippen LogP contribution in [-0.4, -0.2) is 22.9 Å². The molecule has 1 aliphatic carbocycles. The van der Waals surface area contributed by atoms with E-state index in [0.29, 0.717) is 24.4 Å². The fourth-order valence-corrected chi connectivity index (χ4v) is 2.79. The van der Waals surface area contributed by atoms with E-state index >= 15 is 0 Å². The zero-order valence-corrected chi connectivity index (χ0v) is 12.6. The van der Waals surface area contributed by atoms with Gasteiger partial charge in [0.05, 0.1) is 17.6 Å². The van der Waals surface area contributed by atoms with E-state index in [1.165, 1.54) is 11.3 Å². The number of nitrogens with zero attached hydrogens (tertiary/aromatic N) is 2. The Bertz CT molecular complexity index is 587. The molecule has 1 unspecified atom stereocenters. The average Bonchev–Trinajstić information content (AvgIpc) is 2.94. The Kier molecular flexibility index (Phi) is 3.62. The lowest BCUT2D eigenvalue weighted by Gasteiger charge is -2.29. The summed E-state index contributed by atoms with van der Waals surface area (Å²) in [6.07, 6.45) is 3.85. The molecule has 0 spiro atoms. The molecule has 6 heteroatoms. The molecule has 1 aliphatic rings. The van der Waals surface area contributed by atoms with Crippen molar-refractivity contribution in [2.24, 2.45) is 5.73 Å². The number of aryl methyl sites for hydroxylation is 1. The van der Waals surface area contributed by atoms with Gasteiger partial charge in [-0.05, 0) is 45.2 Å². The second-order valence-electron chi connectivity index (χ2n) is 5.61. The lowest BCUT2D eigenvalue weighted by atomic mass is 9.95. The molecule has 2 heterocycles. The molecular weight excluding hydrogens is 274 g/mol. The van der Waals surface area contributed by atoms with E-state index in [-0.39, 0.29) is 0 Å². The highest BCUT2D eigenvalue weighted by Gasteiger charge is 2.30. The van der Waals surface area contributed by atoms with E-state index in [1.807, 2.05) is 26.0 Å². The van der Waals surface area contributed by atoms with Crippen LogP contribution in [0, 0.1) is 6.92 Å². The fraction of sp³-hybridized carbons (Fsp3) is 0.571. The summed E-state index contributed by atoms with van der Waals surface area (Å²) in [5, 5.41) is 4.01. The van der Waals surface area contributed by atoms with Crippen LogP contribution in [0.4, 0.5) is 0 Å². The highest BCUT2D eigenvalue weighted by molar-refractivity contribution is 7.15. The van der Waals surface area contributed by atoms with Gasteiger partial charge in [0.2, 0.25) is 0 Å². The number of thiophene rings is 1. The minimum Gasteiger partial charge on any atom is -0.376 e. The summed E-state index contributed by atoms with van der Waals surface area (Å²) >= 11 is 1.63. The largest absolute Gasteiger partial charge is 0.376 e. The summed E-state index contributed by atoms with van der Waals surface area (Å²) in [7, 11) is 0. The third-order valence-corrected chi connectivity index (χ3v) is 4.55. The smallest absolute Gasteiger partial charge is 0.268 e. The molecule has 1 saturated carbocycles. The third-order valence-electron chi connectivity index (χ3n) is 3.56. The molecule has 2 aromatic rings. The number of ether oxygens (including phenoxy) is 1. The van der Waals surface area contributed by atoms with Gasteiger partial charge < -0.3 is 15.0 Å². The first-order valence-corrected chi connectivity index (χ1v) is 7.68. The standard InChI is InChI=1S/C14H19N3O2S/c1-9-6-7-11(20-9)12-16-13(17-19-12)14(2,15)8-18-10-4-3-5-10/h6-7,10H,3-5,8,15H2,1-2H3. The molecule has 1 fully saturated rings. The minimum atomic E-state index is -0.719. The van der Waals surface area contributed by atoms with E-state index in [0.717, 1.165) is 17.7 Å². The van der Waals surface area contributed by atoms with Gasteiger partial charge in [0, 0.05) is 4.88 Å². The molecule has 0 aliphatic heterocycles. The highest BCUT2D eigenvalue weighted by Crippen LogP contribution is 2.28. The van der Waals surface area contributed by atoms with Crippen molar-refractivity contribution in [2.45, 2.75) is 44.8 Å². The Balaban J connectivity index is 1.71. The van der Waals surface area contributed by atoms with Crippen LogP contribution in [0.3, 0.4) is 0 Å². The van der Waals surface area contributed by atoms with Gasteiger partial charge >= 0.3 is 0 Å². The van der Waals surface area contributed by atoms with Crippen molar-refractivity contribution in [3.63, 3.8) is 0 Å². The van der Waals surface area contributed by atoms with Crippen molar-refractivity contribution in [3.8, 4) is 10.8 Å². The zero-order chi connectivity index (χ0) is 14.2. The van der Waals surface area contributed by atoms with Crippen molar-refractivity contribution < 1.29 is 9.26 Å². The molecule has 20 heavy (non-hydrogen) atoms. The number of rotatable bonds is 5. The molecule has 0 saturated heterocycles. The van der Waals surface area contributed by atoms with Gasteiger partial charge in [-0.2, -0.15) is 4.98 Å². The van der Waals surface area contributed by atoms with E-state index < -0.39 is 5.54 Å². The lowest BCUT2D eigenvalue weighted by molar-refractivity contribution is -0.0222. The maximum absolute atomic E-state index is 6.26. The molecule has 0 bridgehead atoms. The molecule has 0 aromatic carbocycles. The average molecular weight is 293 g/mol. The van der Waals surface area contributed by atoms with Gasteiger partial charge in [-0.1, -0.05) is 5.16 Å². The Morgan fingerprint density at radius 2 is 2.30 bits per heavy atom. The Morgan fingerprint density at radius 1 is 1.50 bits per heavy atom. The van der Waals surface area contributed by atoms with Crippen LogP contribution >= 0.6 is 11.3 Å². The van der Waals surface area contributed by atoms with Crippen molar-refractivity contribution in [2.75, 3.05) is 6.61 Å². The number of hydrogen-bond donors (Lipinski definition) is 1. The molecule has 3 rings (SSSR count). The van der Waals surface area contributed by atoms with Crippen molar-refractivity contribution in [3.05, 3.63) is 22.8 Å². The topological polar surface area (TPSA) is 74.2 Å². The number of hydrogen-bond acceptors (Lipinski definition) is 6. The van der Waals surface area contributed by atoms with Crippen LogP contribution in [0.25, 0.3) is 10.8 Å². The third kappa shape index (κ3) is 2.77. The van der Waals surface area contributed by atoms with Crippen LogP contribution in [0.5, 0.6) is 0 Å². The SMILES string of the molecule is Cc1ccc(-c2nc(C(C)(N)COC3CCC3)no2)s1. The summed E-state index contributed by atoms with van der Waals surface area (Å²) in [6.45, 7) is 4.34. The monoisotopic (exact) mass is 293 g/mol. The molecule has 108 valence electrons. The number of aromatic nitrogens is 2. The zero-order valence-electron chi connectivity index (χ0n) is 11.8. The Morgan fingerprint density at radius 3 is 2.90 bits per heavy atom. The van der Waals surface area contributed by atoms with Crippen molar-refractivity contribution in [1.82, 2.24) is 10.1 Å². The van der Waals surface area contributed by atoms with E-state index in [1.54, 1.807) is 11.3 Å². The molecule has 0 radical (unpaired) electrons. The normalized spacial score (nSPS) is 18.8. The Labute approximate surface area is 122 Å². The predicted molar refractivity (Wildman–Crippen MR) is 77.5 cm³/mol. The van der Waals surface area contributed by atoms with Crippen LogP contribution < -0.4 is 5.73 Å². The summed E-state index contributed by atoms with van der Waals surface area (Å²) in [4.78, 5) is 6.60. The molecule has 5 nitrogen and oxygen atoms in total.